The number of halogens is 3. The molecule has 3 aromatic rings. The molecule has 2 heterocycles. The summed E-state index contributed by atoms with van der Waals surface area (Å²) in [6, 6.07) is 11.8. The molecule has 1 aliphatic rings. The standard InChI is InChI=1S/C20H16F3N3O/c21-14-6-2-1-5-13(14)19-17-9-4-10-25(17)11-12-26(19)20(27)24-18-15(22)7-3-8-16(18)23/h1-10,19H,11-12H2,(H,24,27)/t19-/m0/s1. The van der Waals surface area contributed by atoms with Crippen LogP contribution in [-0.2, 0) is 6.54 Å². The summed E-state index contributed by atoms with van der Waals surface area (Å²) in [4.78, 5) is 14.2. The number of rotatable bonds is 2. The van der Waals surface area contributed by atoms with E-state index in [9.17, 15) is 18.0 Å². The summed E-state index contributed by atoms with van der Waals surface area (Å²) in [5, 5.41) is 2.30. The molecule has 27 heavy (non-hydrogen) atoms. The van der Waals surface area contributed by atoms with Crippen molar-refractivity contribution in [3.63, 3.8) is 0 Å². The summed E-state index contributed by atoms with van der Waals surface area (Å²) in [5.74, 6) is -2.19. The van der Waals surface area contributed by atoms with Crippen LogP contribution in [0.4, 0.5) is 23.7 Å². The smallest absolute Gasteiger partial charge is 0.322 e. The third-order valence-corrected chi connectivity index (χ3v) is 4.69. The summed E-state index contributed by atoms with van der Waals surface area (Å²) >= 11 is 0. The minimum absolute atomic E-state index is 0.266. The van der Waals surface area contributed by atoms with Crippen LogP contribution in [-0.4, -0.2) is 22.0 Å². The molecule has 0 fully saturated rings. The van der Waals surface area contributed by atoms with Crippen LogP contribution in [0.5, 0.6) is 0 Å². The number of benzene rings is 2. The second-order valence-electron chi connectivity index (χ2n) is 6.27. The maximum atomic E-state index is 14.5. The lowest BCUT2D eigenvalue weighted by molar-refractivity contribution is 0.180. The second-order valence-corrected chi connectivity index (χ2v) is 6.27. The summed E-state index contributed by atoms with van der Waals surface area (Å²) in [6.45, 7) is 0.767. The Kier molecular flexibility index (Phi) is 4.35. The van der Waals surface area contributed by atoms with Gasteiger partial charge in [0.1, 0.15) is 29.2 Å². The zero-order valence-electron chi connectivity index (χ0n) is 14.2. The number of aromatic nitrogens is 1. The highest BCUT2D eigenvalue weighted by Crippen LogP contribution is 2.34. The summed E-state index contributed by atoms with van der Waals surface area (Å²) in [6.07, 6.45) is 1.86. The van der Waals surface area contributed by atoms with Crippen LogP contribution in [0.3, 0.4) is 0 Å². The highest BCUT2D eigenvalue weighted by atomic mass is 19.1. The molecule has 4 nitrogen and oxygen atoms in total. The number of para-hydroxylation sites is 1. The van der Waals surface area contributed by atoms with Crippen molar-refractivity contribution in [2.24, 2.45) is 0 Å². The van der Waals surface area contributed by atoms with Gasteiger partial charge in [-0.2, -0.15) is 0 Å². The predicted molar refractivity (Wildman–Crippen MR) is 94.8 cm³/mol. The number of hydrogen-bond donors (Lipinski definition) is 1. The number of nitrogens with zero attached hydrogens (tertiary/aromatic N) is 2. The molecule has 1 N–H and O–H groups in total. The number of anilines is 1. The molecule has 0 bridgehead atoms. The highest BCUT2D eigenvalue weighted by molar-refractivity contribution is 5.90. The molecule has 0 saturated carbocycles. The van der Waals surface area contributed by atoms with Gasteiger partial charge in [-0.1, -0.05) is 24.3 Å². The zero-order valence-corrected chi connectivity index (χ0v) is 14.2. The fraction of sp³-hybridized carbons (Fsp3) is 0.150. The van der Waals surface area contributed by atoms with Gasteiger partial charge in [-0.05, 0) is 30.3 Å². The lowest BCUT2D eigenvalue weighted by Crippen LogP contribution is -2.45. The number of fused-ring (bicyclic) bond motifs is 1. The van der Waals surface area contributed by atoms with Gasteiger partial charge in [0.05, 0.1) is 0 Å². The van der Waals surface area contributed by atoms with E-state index in [2.05, 4.69) is 5.32 Å². The van der Waals surface area contributed by atoms with E-state index in [4.69, 9.17) is 0 Å². The Balaban J connectivity index is 1.73. The Morgan fingerprint density at radius 3 is 2.33 bits per heavy atom. The first-order valence-electron chi connectivity index (χ1n) is 8.47. The van der Waals surface area contributed by atoms with Crippen LogP contribution in [0.2, 0.25) is 0 Å². The van der Waals surface area contributed by atoms with E-state index in [0.717, 1.165) is 17.8 Å². The van der Waals surface area contributed by atoms with Crippen LogP contribution in [0, 0.1) is 17.5 Å². The molecule has 0 radical (unpaired) electrons. The average molecular weight is 371 g/mol. The predicted octanol–water partition coefficient (Wildman–Crippen LogP) is 4.54. The molecule has 1 aromatic heterocycles. The Morgan fingerprint density at radius 2 is 1.59 bits per heavy atom. The van der Waals surface area contributed by atoms with Crippen molar-refractivity contribution in [2.75, 3.05) is 11.9 Å². The molecule has 2 amide bonds. The van der Waals surface area contributed by atoms with Gasteiger partial charge >= 0.3 is 6.03 Å². The van der Waals surface area contributed by atoms with Crippen molar-refractivity contribution in [1.82, 2.24) is 9.47 Å². The normalized spacial score (nSPS) is 16.1. The molecule has 0 unspecified atom stereocenters. The van der Waals surface area contributed by atoms with E-state index in [1.807, 2.05) is 16.8 Å². The number of urea groups is 1. The van der Waals surface area contributed by atoms with E-state index in [1.54, 1.807) is 24.3 Å². The number of hydrogen-bond acceptors (Lipinski definition) is 1. The summed E-state index contributed by atoms with van der Waals surface area (Å²) in [5.41, 5.74) is 0.535. The molecule has 1 atom stereocenters. The molecule has 2 aromatic carbocycles. The number of amides is 2. The molecule has 0 spiro atoms. The number of nitrogens with one attached hydrogen (secondary N) is 1. The number of carbonyl (C=O) groups is 1. The molecule has 1 aliphatic heterocycles. The Bertz CT molecular complexity index is 981. The second kappa shape index (κ2) is 6.83. The van der Waals surface area contributed by atoms with Crippen LogP contribution in [0.1, 0.15) is 17.3 Å². The van der Waals surface area contributed by atoms with E-state index in [-0.39, 0.29) is 6.54 Å². The van der Waals surface area contributed by atoms with Crippen LogP contribution < -0.4 is 5.32 Å². The minimum atomic E-state index is -0.869. The monoisotopic (exact) mass is 371 g/mol. The van der Waals surface area contributed by atoms with Crippen molar-refractivity contribution in [2.45, 2.75) is 12.6 Å². The van der Waals surface area contributed by atoms with Gasteiger partial charge in [-0.3, -0.25) is 0 Å². The summed E-state index contributed by atoms with van der Waals surface area (Å²) in [7, 11) is 0. The first kappa shape index (κ1) is 17.2. The molecule has 7 heteroatoms. The molecule has 0 aliphatic carbocycles. The van der Waals surface area contributed by atoms with Crippen molar-refractivity contribution in [3.8, 4) is 0 Å². The zero-order chi connectivity index (χ0) is 19.0. The van der Waals surface area contributed by atoms with Crippen LogP contribution >= 0.6 is 0 Å². The lowest BCUT2D eigenvalue weighted by Gasteiger charge is -2.37. The third-order valence-electron chi connectivity index (χ3n) is 4.69. The number of carbonyl (C=O) groups excluding carboxylic acids is 1. The first-order chi connectivity index (χ1) is 13.1. The summed E-state index contributed by atoms with van der Waals surface area (Å²) < 4.78 is 44.2. The molecule has 138 valence electrons. The van der Waals surface area contributed by atoms with E-state index < -0.39 is 35.2 Å². The maximum absolute atomic E-state index is 14.5. The van der Waals surface area contributed by atoms with Gasteiger partial charge in [0, 0.05) is 30.5 Å². The van der Waals surface area contributed by atoms with Gasteiger partial charge in [0.15, 0.2) is 0 Å². The van der Waals surface area contributed by atoms with Gasteiger partial charge < -0.3 is 14.8 Å². The van der Waals surface area contributed by atoms with Crippen LogP contribution in [0.25, 0.3) is 0 Å². The van der Waals surface area contributed by atoms with E-state index in [0.29, 0.717) is 12.1 Å². The van der Waals surface area contributed by atoms with Crippen molar-refractivity contribution >= 4 is 11.7 Å². The third kappa shape index (κ3) is 3.05. The molecular formula is C20H16F3N3O. The van der Waals surface area contributed by atoms with Gasteiger partial charge in [0.25, 0.3) is 0 Å². The lowest BCUT2D eigenvalue weighted by atomic mass is 9.99. The van der Waals surface area contributed by atoms with Gasteiger partial charge in [-0.25, -0.2) is 18.0 Å². The quantitative estimate of drug-likeness (QED) is 0.705. The van der Waals surface area contributed by atoms with Crippen molar-refractivity contribution in [1.29, 1.82) is 0 Å². The van der Waals surface area contributed by atoms with E-state index >= 15 is 0 Å². The topological polar surface area (TPSA) is 37.3 Å². The SMILES string of the molecule is O=C(Nc1c(F)cccc1F)N1CCn2cccc2[C@@H]1c1ccccc1F. The minimum Gasteiger partial charge on any atom is -0.348 e. The largest absolute Gasteiger partial charge is 0.348 e. The average Bonchev–Trinajstić information content (AvgIpc) is 3.13. The molecular weight excluding hydrogens is 355 g/mol. The molecule has 4 rings (SSSR count). The van der Waals surface area contributed by atoms with Crippen LogP contribution in [0.15, 0.2) is 60.8 Å². The fourth-order valence-corrected chi connectivity index (χ4v) is 3.42. The van der Waals surface area contributed by atoms with Gasteiger partial charge in [-0.15, -0.1) is 0 Å². The first-order valence-corrected chi connectivity index (χ1v) is 8.47. The van der Waals surface area contributed by atoms with Crippen molar-refractivity contribution in [3.05, 3.63) is 89.5 Å². The Hall–Kier alpha value is -3.22. The highest BCUT2D eigenvalue weighted by Gasteiger charge is 2.34. The van der Waals surface area contributed by atoms with Crippen molar-refractivity contribution < 1.29 is 18.0 Å². The Morgan fingerprint density at radius 1 is 0.889 bits per heavy atom. The molecule has 0 saturated heterocycles. The maximum Gasteiger partial charge on any atom is 0.322 e. The van der Waals surface area contributed by atoms with E-state index in [1.165, 1.54) is 17.0 Å². The van der Waals surface area contributed by atoms with Gasteiger partial charge in [0.2, 0.25) is 0 Å². The fourth-order valence-electron chi connectivity index (χ4n) is 3.42. The Labute approximate surface area is 153 Å².